The van der Waals surface area contributed by atoms with Gasteiger partial charge < -0.3 is 10.0 Å². The predicted octanol–water partition coefficient (Wildman–Crippen LogP) is 2.36. The topological polar surface area (TPSA) is 87.5 Å². The Morgan fingerprint density at radius 2 is 2.17 bits per heavy atom. The van der Waals surface area contributed by atoms with Gasteiger partial charge in [0.2, 0.25) is 0 Å². The lowest BCUT2D eigenvalue weighted by atomic mass is 9.81. The lowest BCUT2D eigenvalue weighted by molar-refractivity contribution is -0.149. The second-order valence-corrected chi connectivity index (χ2v) is 7.66. The van der Waals surface area contributed by atoms with Crippen molar-refractivity contribution in [1.29, 1.82) is 0 Å². The van der Waals surface area contributed by atoms with Crippen molar-refractivity contribution in [2.45, 2.75) is 45.6 Å². The number of aromatic nitrogens is 2. The third-order valence-electron chi connectivity index (χ3n) is 5.10. The summed E-state index contributed by atoms with van der Waals surface area (Å²) in [7, 11) is 0. The summed E-state index contributed by atoms with van der Waals surface area (Å²) >= 11 is 0. The molecule has 0 unspecified atom stereocenters. The highest BCUT2D eigenvalue weighted by molar-refractivity contribution is 5.90. The SMILES string of the molecule is CC(C)(C)n1nccc1NC(=O)N1C[C@@H]2CCC[C@@]2(C(=O)O)C1. The summed E-state index contributed by atoms with van der Waals surface area (Å²) in [6, 6.07) is 1.51. The summed E-state index contributed by atoms with van der Waals surface area (Å²) in [4.78, 5) is 25.9. The minimum Gasteiger partial charge on any atom is -0.481 e. The van der Waals surface area contributed by atoms with E-state index in [9.17, 15) is 14.7 Å². The Balaban J connectivity index is 1.74. The second-order valence-electron chi connectivity index (χ2n) is 7.66. The fourth-order valence-electron chi connectivity index (χ4n) is 3.91. The van der Waals surface area contributed by atoms with Crippen molar-refractivity contribution in [3.63, 3.8) is 0 Å². The van der Waals surface area contributed by atoms with Gasteiger partial charge in [-0.3, -0.25) is 10.1 Å². The van der Waals surface area contributed by atoms with Crippen molar-refractivity contribution < 1.29 is 14.7 Å². The van der Waals surface area contributed by atoms with E-state index in [0.717, 1.165) is 12.8 Å². The fraction of sp³-hybridized carbons (Fsp3) is 0.688. The zero-order valence-electron chi connectivity index (χ0n) is 13.9. The van der Waals surface area contributed by atoms with Gasteiger partial charge in [0.25, 0.3) is 0 Å². The number of urea groups is 1. The van der Waals surface area contributed by atoms with Gasteiger partial charge in [-0.2, -0.15) is 5.10 Å². The molecule has 0 radical (unpaired) electrons. The summed E-state index contributed by atoms with van der Waals surface area (Å²) in [6.45, 7) is 6.84. The number of carboxylic acid groups (broad SMARTS) is 1. The number of amides is 2. The molecule has 1 saturated heterocycles. The molecule has 2 N–H and O–H groups in total. The molecule has 2 atom stereocenters. The molecule has 2 aliphatic rings. The van der Waals surface area contributed by atoms with Crippen LogP contribution in [0.3, 0.4) is 0 Å². The highest BCUT2D eigenvalue weighted by Crippen LogP contribution is 2.48. The highest BCUT2D eigenvalue weighted by Gasteiger charge is 2.55. The number of nitrogens with zero attached hydrogens (tertiary/aromatic N) is 3. The Kier molecular flexibility index (Phi) is 3.61. The van der Waals surface area contributed by atoms with Gasteiger partial charge in [0, 0.05) is 19.2 Å². The molecule has 0 bridgehead atoms. The van der Waals surface area contributed by atoms with Gasteiger partial charge in [-0.05, 0) is 39.5 Å². The molecular formula is C16H24N4O3. The van der Waals surface area contributed by atoms with Gasteiger partial charge in [0.05, 0.1) is 17.2 Å². The molecule has 1 aliphatic carbocycles. The van der Waals surface area contributed by atoms with Gasteiger partial charge >= 0.3 is 12.0 Å². The number of hydrogen-bond donors (Lipinski definition) is 2. The monoisotopic (exact) mass is 320 g/mol. The maximum Gasteiger partial charge on any atom is 0.323 e. The van der Waals surface area contributed by atoms with Crippen LogP contribution < -0.4 is 5.32 Å². The number of nitrogens with one attached hydrogen (secondary N) is 1. The summed E-state index contributed by atoms with van der Waals surface area (Å²) in [6.07, 6.45) is 4.13. The van der Waals surface area contributed by atoms with E-state index >= 15 is 0 Å². The fourth-order valence-corrected chi connectivity index (χ4v) is 3.91. The number of hydrogen-bond acceptors (Lipinski definition) is 3. The molecule has 1 aliphatic heterocycles. The number of carboxylic acids is 1. The Bertz CT molecular complexity index is 634. The number of carbonyl (C=O) groups excluding carboxylic acids is 1. The molecule has 23 heavy (non-hydrogen) atoms. The molecule has 1 saturated carbocycles. The summed E-state index contributed by atoms with van der Waals surface area (Å²) in [5, 5.41) is 16.7. The van der Waals surface area contributed by atoms with E-state index in [-0.39, 0.29) is 17.5 Å². The summed E-state index contributed by atoms with van der Waals surface area (Å²) in [5.74, 6) is -0.0720. The van der Waals surface area contributed by atoms with Gasteiger partial charge in [-0.1, -0.05) is 6.42 Å². The van der Waals surface area contributed by atoms with Crippen LogP contribution in [0.4, 0.5) is 10.6 Å². The highest BCUT2D eigenvalue weighted by atomic mass is 16.4. The zero-order valence-corrected chi connectivity index (χ0v) is 13.9. The van der Waals surface area contributed by atoms with Crippen LogP contribution in [-0.2, 0) is 10.3 Å². The molecule has 1 aromatic rings. The average Bonchev–Trinajstić information content (AvgIpc) is 3.09. The number of carbonyl (C=O) groups is 2. The van der Waals surface area contributed by atoms with E-state index in [1.165, 1.54) is 0 Å². The van der Waals surface area contributed by atoms with Crippen LogP contribution in [-0.4, -0.2) is 44.9 Å². The molecule has 2 amide bonds. The standard InChI is InChI=1S/C16H24N4O3/c1-15(2,3)20-12(6-8-17-20)18-14(23)19-9-11-5-4-7-16(11,10-19)13(21)22/h6,8,11H,4-5,7,9-10H2,1-3H3,(H,18,23)(H,21,22)/t11-,16+/m0/s1. The van der Waals surface area contributed by atoms with Crippen LogP contribution in [0.2, 0.25) is 0 Å². The molecule has 2 heterocycles. The lowest BCUT2D eigenvalue weighted by Crippen LogP contribution is -2.39. The van der Waals surface area contributed by atoms with Crippen LogP contribution in [0.25, 0.3) is 0 Å². The number of rotatable bonds is 2. The maximum atomic E-state index is 12.6. The van der Waals surface area contributed by atoms with Crippen molar-refractivity contribution in [2.24, 2.45) is 11.3 Å². The largest absolute Gasteiger partial charge is 0.481 e. The molecule has 0 spiro atoms. The van der Waals surface area contributed by atoms with Crippen molar-refractivity contribution in [3.8, 4) is 0 Å². The Hall–Kier alpha value is -2.05. The van der Waals surface area contributed by atoms with Crippen LogP contribution in [0.1, 0.15) is 40.0 Å². The minimum absolute atomic E-state index is 0.0678. The van der Waals surface area contributed by atoms with Crippen LogP contribution >= 0.6 is 0 Å². The molecule has 7 heteroatoms. The maximum absolute atomic E-state index is 12.6. The molecule has 1 aromatic heterocycles. The third kappa shape index (κ3) is 2.58. The number of anilines is 1. The third-order valence-corrected chi connectivity index (χ3v) is 5.10. The number of likely N-dealkylation sites (tertiary alicyclic amines) is 1. The van der Waals surface area contributed by atoms with Crippen molar-refractivity contribution in [1.82, 2.24) is 14.7 Å². The van der Waals surface area contributed by atoms with Crippen molar-refractivity contribution in [2.75, 3.05) is 18.4 Å². The average molecular weight is 320 g/mol. The van der Waals surface area contributed by atoms with E-state index in [2.05, 4.69) is 10.4 Å². The van der Waals surface area contributed by atoms with E-state index in [1.54, 1.807) is 21.8 Å². The quantitative estimate of drug-likeness (QED) is 0.875. The Labute approximate surface area is 135 Å². The van der Waals surface area contributed by atoms with Gasteiger partial charge in [0.15, 0.2) is 0 Å². The van der Waals surface area contributed by atoms with E-state index in [0.29, 0.717) is 25.3 Å². The number of aliphatic carboxylic acids is 1. The van der Waals surface area contributed by atoms with Gasteiger partial charge in [-0.15, -0.1) is 0 Å². The van der Waals surface area contributed by atoms with E-state index < -0.39 is 11.4 Å². The molecular weight excluding hydrogens is 296 g/mol. The minimum atomic E-state index is -0.768. The first-order chi connectivity index (χ1) is 10.7. The van der Waals surface area contributed by atoms with Crippen LogP contribution in [0, 0.1) is 11.3 Å². The van der Waals surface area contributed by atoms with E-state index in [4.69, 9.17) is 0 Å². The Morgan fingerprint density at radius 3 is 2.78 bits per heavy atom. The smallest absolute Gasteiger partial charge is 0.323 e. The first kappa shape index (κ1) is 15.8. The predicted molar refractivity (Wildman–Crippen MR) is 85.2 cm³/mol. The zero-order chi connectivity index (χ0) is 16.8. The Morgan fingerprint density at radius 1 is 1.43 bits per heavy atom. The van der Waals surface area contributed by atoms with Crippen LogP contribution in [0.5, 0.6) is 0 Å². The van der Waals surface area contributed by atoms with Crippen LogP contribution in [0.15, 0.2) is 12.3 Å². The van der Waals surface area contributed by atoms with Crippen molar-refractivity contribution in [3.05, 3.63) is 12.3 Å². The normalized spacial score (nSPS) is 27.1. The molecule has 0 aromatic carbocycles. The second kappa shape index (κ2) is 5.25. The molecule has 126 valence electrons. The van der Waals surface area contributed by atoms with Gasteiger partial charge in [0.1, 0.15) is 5.82 Å². The first-order valence-electron chi connectivity index (χ1n) is 8.08. The van der Waals surface area contributed by atoms with Crippen molar-refractivity contribution >= 4 is 17.8 Å². The summed E-state index contributed by atoms with van der Waals surface area (Å²) in [5.41, 5.74) is -0.989. The molecule has 2 fully saturated rings. The van der Waals surface area contributed by atoms with Gasteiger partial charge in [-0.25, -0.2) is 9.48 Å². The van der Waals surface area contributed by atoms with E-state index in [1.807, 2.05) is 20.8 Å². The number of fused-ring (bicyclic) bond motifs is 1. The molecule has 3 rings (SSSR count). The lowest BCUT2D eigenvalue weighted by Gasteiger charge is -2.25. The first-order valence-corrected chi connectivity index (χ1v) is 8.08. The molecule has 7 nitrogen and oxygen atoms in total. The summed E-state index contributed by atoms with van der Waals surface area (Å²) < 4.78 is 1.76.